The average Bonchev–Trinajstić information content (AvgIpc) is 2.64. The Balaban J connectivity index is 2.21. The van der Waals surface area contributed by atoms with Crippen LogP contribution in [0, 0.1) is 0 Å². The number of nitrogens with zero attached hydrogens (tertiary/aromatic N) is 1. The lowest BCUT2D eigenvalue weighted by molar-refractivity contribution is 0.394. The Morgan fingerprint density at radius 1 is 1.43 bits per heavy atom. The van der Waals surface area contributed by atoms with Gasteiger partial charge in [0.05, 0.1) is 17.0 Å². The predicted molar refractivity (Wildman–Crippen MR) is 55.9 cm³/mol. The third-order valence-electron chi connectivity index (χ3n) is 2.58. The summed E-state index contributed by atoms with van der Waals surface area (Å²) < 4.78 is 22.5. The zero-order valence-electron chi connectivity index (χ0n) is 7.64. The maximum absolute atomic E-state index is 11.2. The van der Waals surface area contributed by atoms with Crippen LogP contribution in [0.5, 0.6) is 0 Å². The highest BCUT2D eigenvalue weighted by Gasteiger charge is 2.37. The molecular formula is C8H12N2O2S2. The Morgan fingerprint density at radius 2 is 2.07 bits per heavy atom. The highest BCUT2D eigenvalue weighted by atomic mass is 32.2. The Hall–Kier alpha value is -0.460. The number of hydrogen-bond donors (Lipinski definition) is 1. The van der Waals surface area contributed by atoms with Crippen LogP contribution in [-0.2, 0) is 15.4 Å². The molecule has 1 aliphatic rings. The normalized spacial score (nSPS) is 24.6. The quantitative estimate of drug-likeness (QED) is 0.765. The van der Waals surface area contributed by atoms with Crippen molar-refractivity contribution >= 4 is 21.2 Å². The number of hydrogen-bond acceptors (Lipinski definition) is 5. The van der Waals surface area contributed by atoms with Crippen LogP contribution in [-0.4, -0.2) is 24.9 Å². The first-order valence-electron chi connectivity index (χ1n) is 4.41. The van der Waals surface area contributed by atoms with E-state index in [4.69, 9.17) is 5.73 Å². The molecule has 0 unspecified atom stereocenters. The van der Waals surface area contributed by atoms with E-state index in [0.717, 1.165) is 5.01 Å². The molecule has 2 heterocycles. The zero-order chi connectivity index (χ0) is 10.2. The van der Waals surface area contributed by atoms with Gasteiger partial charge in [0.1, 0.15) is 14.8 Å². The van der Waals surface area contributed by atoms with Gasteiger partial charge in [0.15, 0.2) is 0 Å². The molecule has 4 nitrogen and oxygen atoms in total. The first-order chi connectivity index (χ1) is 6.52. The van der Waals surface area contributed by atoms with Crippen LogP contribution in [0.25, 0.3) is 0 Å². The smallest absolute Gasteiger partial charge is 0.150 e. The van der Waals surface area contributed by atoms with Gasteiger partial charge in [0, 0.05) is 11.6 Å². The first kappa shape index (κ1) is 10.1. The molecule has 1 saturated heterocycles. The Bertz CT molecular complexity index is 397. The van der Waals surface area contributed by atoms with Gasteiger partial charge in [-0.3, -0.25) is 0 Å². The molecule has 0 bridgehead atoms. The first-order valence-corrected chi connectivity index (χ1v) is 7.11. The maximum atomic E-state index is 11.2. The summed E-state index contributed by atoms with van der Waals surface area (Å²) in [7, 11) is -2.85. The van der Waals surface area contributed by atoms with Crippen LogP contribution < -0.4 is 5.73 Å². The number of sulfone groups is 1. The third-order valence-corrected chi connectivity index (χ3v) is 5.22. The van der Waals surface area contributed by atoms with Gasteiger partial charge < -0.3 is 5.73 Å². The van der Waals surface area contributed by atoms with Gasteiger partial charge in [-0.1, -0.05) is 0 Å². The number of aromatic nitrogens is 1. The molecule has 0 atom stereocenters. The SMILES string of the molecule is NC1(c2nccs2)CCS(=O)(=O)CC1. The predicted octanol–water partition coefficient (Wildman–Crippen LogP) is 0.506. The molecule has 14 heavy (non-hydrogen) atoms. The van der Waals surface area contributed by atoms with Gasteiger partial charge in [0.25, 0.3) is 0 Å². The lowest BCUT2D eigenvalue weighted by atomic mass is 9.95. The summed E-state index contributed by atoms with van der Waals surface area (Å²) in [5, 5.41) is 2.72. The van der Waals surface area contributed by atoms with Crippen LogP contribution in [0.3, 0.4) is 0 Å². The van der Waals surface area contributed by atoms with E-state index < -0.39 is 15.4 Å². The van der Waals surface area contributed by atoms with Crippen molar-refractivity contribution in [3.8, 4) is 0 Å². The number of rotatable bonds is 1. The van der Waals surface area contributed by atoms with Crippen LogP contribution >= 0.6 is 11.3 Å². The molecule has 2 rings (SSSR count). The number of thiazole rings is 1. The minimum Gasteiger partial charge on any atom is -0.319 e. The molecule has 6 heteroatoms. The fraction of sp³-hybridized carbons (Fsp3) is 0.625. The van der Waals surface area contributed by atoms with E-state index in [-0.39, 0.29) is 11.5 Å². The van der Waals surface area contributed by atoms with Gasteiger partial charge in [0.2, 0.25) is 0 Å². The fourth-order valence-corrected chi connectivity index (χ4v) is 3.95. The summed E-state index contributed by atoms with van der Waals surface area (Å²) in [6.45, 7) is 0. The van der Waals surface area contributed by atoms with Crippen LogP contribution in [0.2, 0.25) is 0 Å². The van der Waals surface area contributed by atoms with Crippen molar-refractivity contribution in [2.75, 3.05) is 11.5 Å². The summed E-state index contributed by atoms with van der Waals surface area (Å²) in [6, 6.07) is 0. The Labute approximate surface area is 87.1 Å². The van der Waals surface area contributed by atoms with E-state index >= 15 is 0 Å². The fourth-order valence-electron chi connectivity index (χ4n) is 1.59. The van der Waals surface area contributed by atoms with E-state index in [0.29, 0.717) is 12.8 Å². The molecule has 1 fully saturated rings. The standard InChI is InChI=1S/C8H12N2O2S2/c9-8(7-10-3-4-13-7)1-5-14(11,12)6-2-8/h3-4H,1-2,5-6,9H2. The van der Waals surface area contributed by atoms with Crippen molar-refractivity contribution < 1.29 is 8.42 Å². The zero-order valence-corrected chi connectivity index (χ0v) is 9.27. The minimum absolute atomic E-state index is 0.184. The van der Waals surface area contributed by atoms with Crippen LogP contribution in [0.4, 0.5) is 0 Å². The van der Waals surface area contributed by atoms with Crippen molar-refractivity contribution in [2.45, 2.75) is 18.4 Å². The lowest BCUT2D eigenvalue weighted by Crippen LogP contribution is -2.44. The van der Waals surface area contributed by atoms with Crippen molar-refractivity contribution in [1.82, 2.24) is 4.98 Å². The molecule has 0 aromatic carbocycles. The van der Waals surface area contributed by atoms with Crippen molar-refractivity contribution in [3.05, 3.63) is 16.6 Å². The van der Waals surface area contributed by atoms with E-state index in [1.165, 1.54) is 11.3 Å². The molecule has 1 aliphatic heterocycles. The highest BCUT2D eigenvalue weighted by Crippen LogP contribution is 2.32. The van der Waals surface area contributed by atoms with Crippen LogP contribution in [0.15, 0.2) is 11.6 Å². The second kappa shape index (κ2) is 3.29. The average molecular weight is 232 g/mol. The second-order valence-electron chi connectivity index (χ2n) is 3.65. The Kier molecular flexibility index (Phi) is 2.36. The summed E-state index contributed by atoms with van der Waals surface area (Å²) >= 11 is 1.50. The summed E-state index contributed by atoms with van der Waals surface area (Å²) in [4.78, 5) is 4.16. The van der Waals surface area contributed by atoms with Gasteiger partial charge in [-0.05, 0) is 12.8 Å². The van der Waals surface area contributed by atoms with Gasteiger partial charge in [-0.2, -0.15) is 0 Å². The van der Waals surface area contributed by atoms with E-state index in [2.05, 4.69) is 4.98 Å². The molecule has 0 radical (unpaired) electrons. The molecule has 2 N–H and O–H groups in total. The molecule has 0 saturated carbocycles. The number of nitrogens with two attached hydrogens (primary N) is 1. The molecular weight excluding hydrogens is 220 g/mol. The molecule has 0 amide bonds. The van der Waals surface area contributed by atoms with Crippen molar-refractivity contribution in [3.63, 3.8) is 0 Å². The van der Waals surface area contributed by atoms with Crippen molar-refractivity contribution in [1.29, 1.82) is 0 Å². The largest absolute Gasteiger partial charge is 0.319 e. The van der Waals surface area contributed by atoms with E-state index in [1.54, 1.807) is 6.20 Å². The van der Waals surface area contributed by atoms with Gasteiger partial charge in [-0.15, -0.1) is 11.3 Å². The molecule has 0 spiro atoms. The molecule has 1 aromatic rings. The third kappa shape index (κ3) is 1.82. The second-order valence-corrected chi connectivity index (χ2v) is 6.84. The molecule has 1 aromatic heterocycles. The lowest BCUT2D eigenvalue weighted by Gasteiger charge is -2.30. The van der Waals surface area contributed by atoms with Crippen LogP contribution in [0.1, 0.15) is 17.8 Å². The summed E-state index contributed by atoms with van der Waals surface area (Å²) in [6.07, 6.45) is 2.68. The Morgan fingerprint density at radius 3 is 2.57 bits per heavy atom. The minimum atomic E-state index is -2.85. The topological polar surface area (TPSA) is 73.0 Å². The van der Waals surface area contributed by atoms with E-state index in [1.807, 2.05) is 5.38 Å². The monoisotopic (exact) mass is 232 g/mol. The highest BCUT2D eigenvalue weighted by molar-refractivity contribution is 7.91. The van der Waals surface area contributed by atoms with Gasteiger partial charge in [-0.25, -0.2) is 13.4 Å². The summed E-state index contributed by atoms with van der Waals surface area (Å²) in [5.74, 6) is 0.367. The van der Waals surface area contributed by atoms with Crippen molar-refractivity contribution in [2.24, 2.45) is 5.73 Å². The van der Waals surface area contributed by atoms with Gasteiger partial charge >= 0.3 is 0 Å². The van der Waals surface area contributed by atoms with E-state index in [9.17, 15) is 8.42 Å². The molecule has 78 valence electrons. The summed E-state index contributed by atoms with van der Waals surface area (Å²) in [5.41, 5.74) is 5.62. The maximum Gasteiger partial charge on any atom is 0.150 e. The molecule has 0 aliphatic carbocycles.